The van der Waals surface area contributed by atoms with E-state index in [1.807, 2.05) is 24.3 Å². The van der Waals surface area contributed by atoms with Gasteiger partial charge in [-0.05, 0) is 65.1 Å². The Kier molecular flexibility index (Phi) is 9.60. The zero-order chi connectivity index (χ0) is 26.2. The molecule has 0 N–H and O–H groups in total. The predicted molar refractivity (Wildman–Crippen MR) is 150 cm³/mol. The fraction of sp³-hybridized carbons (Fsp3) is 0.500. The van der Waals surface area contributed by atoms with Gasteiger partial charge in [-0.15, -0.1) is 0 Å². The molecule has 4 rings (SSSR count). The third-order valence-corrected chi connectivity index (χ3v) is 6.29. The van der Waals surface area contributed by atoms with E-state index < -0.39 is 0 Å². The van der Waals surface area contributed by atoms with Gasteiger partial charge in [0.1, 0.15) is 13.2 Å². The zero-order valence-electron chi connectivity index (χ0n) is 23.1. The van der Waals surface area contributed by atoms with Crippen LogP contribution in [0, 0.1) is 6.92 Å². The molecule has 0 bridgehead atoms. The first-order valence-electron chi connectivity index (χ1n) is 12.9. The van der Waals surface area contributed by atoms with Crippen LogP contribution in [0.5, 0.6) is 0 Å². The molecule has 0 radical (unpaired) electrons. The summed E-state index contributed by atoms with van der Waals surface area (Å²) in [5.41, 5.74) is 8.51. The standard InChI is InChI=1S/C18H28N2.C12H12N2O2/c1-11(2)15-9-16(12(3)4)18(20-10-19-8)17(13(5)6)14(15)7;1-2-9(11-13-4-6-15-11)8-10(3-1)12-14-5-7-16-12/h9,11-13H,1-8H3;1-3,8H,4-7H2. The highest BCUT2D eigenvalue weighted by Crippen LogP contribution is 2.40. The van der Waals surface area contributed by atoms with E-state index in [4.69, 9.17) is 9.47 Å². The van der Waals surface area contributed by atoms with Gasteiger partial charge in [-0.3, -0.25) is 0 Å². The lowest BCUT2D eigenvalue weighted by atomic mass is 9.83. The molecule has 0 fully saturated rings. The van der Waals surface area contributed by atoms with Gasteiger partial charge >= 0.3 is 0 Å². The zero-order valence-corrected chi connectivity index (χ0v) is 23.1. The van der Waals surface area contributed by atoms with Crippen LogP contribution in [-0.4, -0.2) is 51.2 Å². The Morgan fingerprint density at radius 2 is 1.36 bits per heavy atom. The highest BCUT2D eigenvalue weighted by Gasteiger charge is 2.20. The van der Waals surface area contributed by atoms with E-state index in [-0.39, 0.29) is 0 Å². The van der Waals surface area contributed by atoms with Crippen molar-refractivity contribution in [2.45, 2.75) is 66.2 Å². The first kappa shape index (κ1) is 27.3. The van der Waals surface area contributed by atoms with Crippen LogP contribution < -0.4 is 0 Å². The van der Waals surface area contributed by atoms with E-state index >= 15 is 0 Å². The molecule has 36 heavy (non-hydrogen) atoms. The van der Waals surface area contributed by atoms with Crippen molar-refractivity contribution in [2.75, 3.05) is 33.4 Å². The van der Waals surface area contributed by atoms with Crippen molar-refractivity contribution in [3.05, 3.63) is 63.7 Å². The lowest BCUT2D eigenvalue weighted by Crippen LogP contribution is -2.05. The van der Waals surface area contributed by atoms with Crippen LogP contribution in [0.25, 0.3) is 0 Å². The van der Waals surface area contributed by atoms with Gasteiger partial charge in [0.15, 0.2) is 0 Å². The Morgan fingerprint density at radius 1 is 0.806 bits per heavy atom. The molecular weight excluding hydrogens is 448 g/mol. The van der Waals surface area contributed by atoms with Gasteiger partial charge in [-0.1, -0.05) is 53.7 Å². The van der Waals surface area contributed by atoms with Crippen LogP contribution in [0.1, 0.15) is 92.7 Å². The molecular formula is C30H40N4O2. The van der Waals surface area contributed by atoms with Crippen LogP contribution in [0.2, 0.25) is 0 Å². The predicted octanol–water partition coefficient (Wildman–Crippen LogP) is 7.04. The van der Waals surface area contributed by atoms with E-state index in [1.54, 1.807) is 7.05 Å². The average molecular weight is 489 g/mol. The second-order valence-corrected chi connectivity index (χ2v) is 9.99. The SMILES string of the molecule is CN=C=Nc1c(C(C)C)cc(C(C)C)c(C)c1C(C)C.c1cc(C2=NCCO2)cc(C2=NCCO2)c1. The number of hydrogen-bond acceptors (Lipinski definition) is 6. The average Bonchev–Trinajstić information content (AvgIpc) is 3.57. The number of hydrogen-bond donors (Lipinski definition) is 0. The van der Waals surface area contributed by atoms with E-state index in [0.717, 1.165) is 41.7 Å². The first-order valence-corrected chi connectivity index (χ1v) is 12.9. The Balaban J connectivity index is 0.000000204. The quantitative estimate of drug-likeness (QED) is 0.409. The van der Waals surface area contributed by atoms with Crippen LogP contribution in [0.15, 0.2) is 50.3 Å². The summed E-state index contributed by atoms with van der Waals surface area (Å²) in [6.07, 6.45) is 0. The Bertz CT molecular complexity index is 1150. The van der Waals surface area contributed by atoms with Crippen molar-refractivity contribution in [3.63, 3.8) is 0 Å². The van der Waals surface area contributed by atoms with Gasteiger partial charge < -0.3 is 9.47 Å². The van der Waals surface area contributed by atoms with Crippen LogP contribution in [0.4, 0.5) is 5.69 Å². The Morgan fingerprint density at radius 3 is 1.78 bits per heavy atom. The van der Waals surface area contributed by atoms with Crippen molar-refractivity contribution < 1.29 is 9.47 Å². The number of ether oxygens (including phenoxy) is 2. The highest BCUT2D eigenvalue weighted by atomic mass is 16.5. The minimum Gasteiger partial charge on any atom is -0.476 e. The summed E-state index contributed by atoms with van der Waals surface area (Å²) in [7, 11) is 1.71. The van der Waals surface area contributed by atoms with E-state index in [0.29, 0.717) is 31.0 Å². The Hall–Kier alpha value is -3.24. The summed E-state index contributed by atoms with van der Waals surface area (Å²) in [5.74, 6) is 2.87. The van der Waals surface area contributed by atoms with Gasteiger partial charge in [0.2, 0.25) is 11.8 Å². The maximum atomic E-state index is 5.43. The lowest BCUT2D eigenvalue weighted by molar-refractivity contribution is 0.347. The molecule has 192 valence electrons. The van der Waals surface area contributed by atoms with Gasteiger partial charge in [-0.25, -0.2) is 15.0 Å². The van der Waals surface area contributed by atoms with Crippen molar-refractivity contribution >= 4 is 23.5 Å². The number of benzene rings is 2. The van der Waals surface area contributed by atoms with Crippen LogP contribution in [-0.2, 0) is 9.47 Å². The maximum absolute atomic E-state index is 5.43. The molecule has 6 heteroatoms. The highest BCUT2D eigenvalue weighted by molar-refractivity contribution is 6.00. The smallest absolute Gasteiger partial charge is 0.216 e. The van der Waals surface area contributed by atoms with Crippen LogP contribution in [0.3, 0.4) is 0 Å². The number of aliphatic imine (C=N–C) groups is 4. The molecule has 0 unspecified atom stereocenters. The number of rotatable bonds is 6. The second-order valence-electron chi connectivity index (χ2n) is 9.99. The molecule has 2 aromatic carbocycles. The minimum absolute atomic E-state index is 0.447. The van der Waals surface area contributed by atoms with Crippen LogP contribution >= 0.6 is 0 Å². The molecule has 0 atom stereocenters. The number of nitrogens with zero attached hydrogens (tertiary/aromatic N) is 4. The summed E-state index contributed by atoms with van der Waals surface area (Å²) in [6.45, 7) is 18.5. The molecule has 2 aliphatic heterocycles. The van der Waals surface area contributed by atoms with Gasteiger partial charge in [0.05, 0.1) is 24.8 Å². The van der Waals surface area contributed by atoms with Gasteiger partial charge in [0.25, 0.3) is 0 Å². The van der Waals surface area contributed by atoms with Crippen molar-refractivity contribution in [2.24, 2.45) is 20.0 Å². The third kappa shape index (κ3) is 6.50. The van der Waals surface area contributed by atoms with Gasteiger partial charge in [0, 0.05) is 18.2 Å². The second kappa shape index (κ2) is 12.6. The summed E-state index contributed by atoms with van der Waals surface area (Å²) in [4.78, 5) is 17.0. The summed E-state index contributed by atoms with van der Waals surface area (Å²) in [5, 5.41) is 0. The first-order chi connectivity index (χ1) is 17.2. The lowest BCUT2D eigenvalue weighted by Gasteiger charge is -2.23. The molecule has 2 heterocycles. The summed E-state index contributed by atoms with van der Waals surface area (Å²) >= 11 is 0. The molecule has 2 aromatic rings. The van der Waals surface area contributed by atoms with Crippen molar-refractivity contribution in [1.82, 2.24) is 0 Å². The van der Waals surface area contributed by atoms with Crippen molar-refractivity contribution in [3.8, 4) is 0 Å². The fourth-order valence-electron chi connectivity index (χ4n) is 4.61. The summed E-state index contributed by atoms with van der Waals surface area (Å²) in [6, 6.07) is 13.1. The molecule has 0 saturated heterocycles. The maximum Gasteiger partial charge on any atom is 0.216 e. The molecule has 0 saturated carbocycles. The molecule has 0 aromatic heterocycles. The topological polar surface area (TPSA) is 67.9 Å². The summed E-state index contributed by atoms with van der Waals surface area (Å²) < 4.78 is 10.9. The largest absolute Gasteiger partial charge is 0.476 e. The minimum atomic E-state index is 0.447. The monoisotopic (exact) mass is 488 g/mol. The van der Waals surface area contributed by atoms with Crippen molar-refractivity contribution in [1.29, 1.82) is 0 Å². The normalized spacial score (nSPS) is 14.5. The third-order valence-electron chi connectivity index (χ3n) is 6.29. The fourth-order valence-corrected chi connectivity index (χ4v) is 4.61. The van der Waals surface area contributed by atoms with Gasteiger partial charge in [-0.2, -0.15) is 4.99 Å². The molecule has 0 aliphatic carbocycles. The van der Waals surface area contributed by atoms with E-state index in [9.17, 15) is 0 Å². The van der Waals surface area contributed by atoms with E-state index in [1.165, 1.54) is 22.3 Å². The Labute approximate surface area is 216 Å². The van der Waals surface area contributed by atoms with E-state index in [2.05, 4.69) is 80.5 Å². The molecule has 6 nitrogen and oxygen atoms in total. The molecule has 2 aliphatic rings. The molecule has 0 amide bonds. The molecule has 0 spiro atoms.